The zero-order chi connectivity index (χ0) is 12.8. The maximum Gasteiger partial charge on any atom is 0.0635 e. The van der Waals surface area contributed by atoms with Gasteiger partial charge in [-0.15, -0.1) is 0 Å². The fourth-order valence-electron chi connectivity index (χ4n) is 1.64. The number of nitrogen functional groups attached to an aromatic ring is 1. The Bertz CT molecular complexity index is 410. The zero-order valence-corrected chi connectivity index (χ0v) is 11.9. The van der Waals surface area contributed by atoms with Crippen LogP contribution in [0.25, 0.3) is 0 Å². The van der Waals surface area contributed by atoms with Gasteiger partial charge in [0.2, 0.25) is 0 Å². The molecule has 0 heterocycles. The van der Waals surface area contributed by atoms with Crippen molar-refractivity contribution in [2.75, 3.05) is 12.3 Å². The maximum absolute atomic E-state index is 8.65. The molecule has 0 bridgehead atoms. The van der Waals surface area contributed by atoms with Crippen LogP contribution < -0.4 is 5.73 Å². The third-order valence-electron chi connectivity index (χ3n) is 2.72. The predicted octanol–water partition coefficient (Wildman–Crippen LogP) is 3.16. The van der Waals surface area contributed by atoms with E-state index in [1.165, 1.54) is 0 Å². The zero-order valence-electron chi connectivity index (χ0n) is 10.3. The number of nitrogens with two attached hydrogens (primary N) is 1. The van der Waals surface area contributed by atoms with Gasteiger partial charge in [-0.05, 0) is 31.5 Å². The highest BCUT2D eigenvalue weighted by Gasteiger charge is 2.11. The lowest BCUT2D eigenvalue weighted by molar-refractivity contribution is 0.218. The van der Waals surface area contributed by atoms with Crippen molar-refractivity contribution >= 4 is 21.6 Å². The van der Waals surface area contributed by atoms with Crippen LogP contribution in [0.15, 0.2) is 22.7 Å². The predicted molar refractivity (Wildman–Crippen MR) is 74.3 cm³/mol. The fourth-order valence-corrected chi connectivity index (χ4v) is 2.02. The molecule has 92 valence electrons. The Morgan fingerprint density at radius 2 is 2.18 bits per heavy atom. The lowest BCUT2D eigenvalue weighted by Gasteiger charge is -2.26. The summed E-state index contributed by atoms with van der Waals surface area (Å²) in [5, 5.41) is 8.65. The second kappa shape index (κ2) is 6.63. The molecule has 4 heteroatoms. The molecular formula is C13H18BrN3. The number of hydrogen-bond acceptors (Lipinski definition) is 3. The van der Waals surface area contributed by atoms with Gasteiger partial charge in [-0.2, -0.15) is 5.26 Å². The van der Waals surface area contributed by atoms with E-state index in [1.54, 1.807) is 0 Å². The minimum absolute atomic E-state index is 0.409. The van der Waals surface area contributed by atoms with Crippen molar-refractivity contribution in [1.82, 2.24) is 4.90 Å². The van der Waals surface area contributed by atoms with Crippen molar-refractivity contribution in [3.63, 3.8) is 0 Å². The van der Waals surface area contributed by atoms with E-state index < -0.39 is 0 Å². The van der Waals surface area contributed by atoms with Crippen LogP contribution in [0, 0.1) is 11.3 Å². The third-order valence-corrected chi connectivity index (χ3v) is 3.22. The van der Waals surface area contributed by atoms with Crippen LogP contribution in [0.4, 0.5) is 5.69 Å². The highest BCUT2D eigenvalue weighted by molar-refractivity contribution is 9.10. The smallest absolute Gasteiger partial charge is 0.0635 e. The van der Waals surface area contributed by atoms with Gasteiger partial charge in [0.15, 0.2) is 0 Å². The Kier molecular flexibility index (Phi) is 5.46. The highest BCUT2D eigenvalue weighted by atomic mass is 79.9. The molecule has 0 aliphatic carbocycles. The second-order valence-electron chi connectivity index (χ2n) is 4.32. The van der Waals surface area contributed by atoms with E-state index in [1.807, 2.05) is 18.2 Å². The van der Waals surface area contributed by atoms with Gasteiger partial charge in [0.1, 0.15) is 0 Å². The van der Waals surface area contributed by atoms with Gasteiger partial charge in [0, 0.05) is 35.7 Å². The average molecular weight is 296 g/mol. The van der Waals surface area contributed by atoms with Crippen LogP contribution in [0.2, 0.25) is 0 Å². The largest absolute Gasteiger partial charge is 0.398 e. The van der Waals surface area contributed by atoms with E-state index in [-0.39, 0.29) is 0 Å². The van der Waals surface area contributed by atoms with Gasteiger partial charge in [-0.25, -0.2) is 0 Å². The molecule has 3 nitrogen and oxygen atoms in total. The van der Waals surface area contributed by atoms with Crippen LogP contribution in [-0.4, -0.2) is 17.5 Å². The molecule has 1 rings (SSSR count). The monoisotopic (exact) mass is 295 g/mol. The van der Waals surface area contributed by atoms with Crippen molar-refractivity contribution < 1.29 is 0 Å². The van der Waals surface area contributed by atoms with Crippen molar-refractivity contribution in [3.05, 3.63) is 28.2 Å². The number of rotatable bonds is 5. The molecule has 17 heavy (non-hydrogen) atoms. The van der Waals surface area contributed by atoms with Crippen LogP contribution in [0.1, 0.15) is 25.8 Å². The van der Waals surface area contributed by atoms with Crippen molar-refractivity contribution in [1.29, 1.82) is 5.26 Å². The molecule has 0 amide bonds. The fraction of sp³-hybridized carbons (Fsp3) is 0.462. The minimum atomic E-state index is 0.409. The third kappa shape index (κ3) is 4.37. The quantitative estimate of drug-likeness (QED) is 0.849. The van der Waals surface area contributed by atoms with Crippen LogP contribution in [0.5, 0.6) is 0 Å². The number of halogens is 1. The van der Waals surface area contributed by atoms with E-state index in [4.69, 9.17) is 11.0 Å². The first-order valence-corrected chi connectivity index (χ1v) is 6.48. The average Bonchev–Trinajstić information content (AvgIpc) is 2.26. The second-order valence-corrected chi connectivity index (χ2v) is 5.23. The summed E-state index contributed by atoms with van der Waals surface area (Å²) < 4.78 is 0.992. The maximum atomic E-state index is 8.65. The summed E-state index contributed by atoms with van der Waals surface area (Å²) in [5.41, 5.74) is 7.88. The lowest BCUT2D eigenvalue weighted by atomic mass is 10.1. The van der Waals surface area contributed by atoms with Gasteiger partial charge in [0.05, 0.1) is 6.07 Å². The van der Waals surface area contributed by atoms with Crippen molar-refractivity contribution in [3.8, 4) is 6.07 Å². The molecule has 0 aliphatic rings. The first-order chi connectivity index (χ1) is 8.04. The molecular weight excluding hydrogens is 278 g/mol. The van der Waals surface area contributed by atoms with Crippen molar-refractivity contribution in [2.45, 2.75) is 32.9 Å². The summed E-state index contributed by atoms with van der Waals surface area (Å²) in [7, 11) is 0. The summed E-state index contributed by atoms with van der Waals surface area (Å²) in [6.45, 7) is 5.83. The number of benzene rings is 1. The molecule has 1 aromatic carbocycles. The van der Waals surface area contributed by atoms with Crippen molar-refractivity contribution in [2.24, 2.45) is 0 Å². The summed E-state index contributed by atoms with van der Waals surface area (Å²) in [6, 6.07) is 8.53. The molecule has 0 radical (unpaired) electrons. The Hall–Kier alpha value is -1.05. The molecule has 0 spiro atoms. The van der Waals surface area contributed by atoms with Crippen LogP contribution in [0.3, 0.4) is 0 Å². The number of hydrogen-bond donors (Lipinski definition) is 1. The Morgan fingerprint density at radius 1 is 1.47 bits per heavy atom. The Labute approximate surface area is 111 Å². The number of nitrogens with zero attached hydrogens (tertiary/aromatic N) is 2. The van der Waals surface area contributed by atoms with Gasteiger partial charge in [0.25, 0.3) is 0 Å². The molecule has 0 aliphatic heterocycles. The lowest BCUT2D eigenvalue weighted by Crippen LogP contribution is -2.31. The summed E-state index contributed by atoms with van der Waals surface area (Å²) in [6.07, 6.45) is 0.550. The SMILES string of the molecule is CC(C)N(CCC#N)Cc1ccc(Br)cc1N. The number of anilines is 1. The van der Waals surface area contributed by atoms with E-state index in [0.29, 0.717) is 12.5 Å². The summed E-state index contributed by atoms with van der Waals surface area (Å²) >= 11 is 3.40. The summed E-state index contributed by atoms with van der Waals surface area (Å²) in [5.74, 6) is 0. The normalized spacial score (nSPS) is 10.8. The van der Waals surface area contributed by atoms with Gasteiger partial charge < -0.3 is 5.73 Å². The van der Waals surface area contributed by atoms with Gasteiger partial charge in [-0.1, -0.05) is 22.0 Å². The van der Waals surface area contributed by atoms with E-state index >= 15 is 0 Å². The first-order valence-electron chi connectivity index (χ1n) is 5.69. The highest BCUT2D eigenvalue weighted by Crippen LogP contribution is 2.20. The van der Waals surface area contributed by atoms with E-state index in [0.717, 1.165) is 28.8 Å². The summed E-state index contributed by atoms with van der Waals surface area (Å²) in [4.78, 5) is 2.25. The van der Waals surface area contributed by atoms with Crippen LogP contribution >= 0.6 is 15.9 Å². The van der Waals surface area contributed by atoms with E-state index in [9.17, 15) is 0 Å². The van der Waals surface area contributed by atoms with Crippen LogP contribution in [-0.2, 0) is 6.54 Å². The van der Waals surface area contributed by atoms with E-state index in [2.05, 4.69) is 40.7 Å². The Morgan fingerprint density at radius 3 is 2.71 bits per heavy atom. The molecule has 0 aromatic heterocycles. The molecule has 0 fully saturated rings. The number of nitriles is 1. The minimum Gasteiger partial charge on any atom is -0.398 e. The first kappa shape index (κ1) is 14.0. The molecule has 0 saturated carbocycles. The molecule has 0 unspecified atom stereocenters. The Balaban J connectivity index is 2.75. The molecule has 1 aromatic rings. The van der Waals surface area contributed by atoms with Gasteiger partial charge >= 0.3 is 0 Å². The molecule has 0 atom stereocenters. The van der Waals surface area contributed by atoms with Gasteiger partial charge in [-0.3, -0.25) is 4.90 Å². The molecule has 0 saturated heterocycles. The standard InChI is InChI=1S/C13H18BrN3/c1-10(2)17(7-3-6-15)9-11-4-5-12(14)8-13(11)16/h4-5,8,10H,3,7,9,16H2,1-2H3. The topological polar surface area (TPSA) is 53.0 Å². The molecule has 2 N–H and O–H groups in total.